The molecule has 1 saturated heterocycles. The highest BCUT2D eigenvalue weighted by molar-refractivity contribution is 5.94. The maximum atomic E-state index is 13.1. The predicted octanol–water partition coefficient (Wildman–Crippen LogP) is 2.68. The quantitative estimate of drug-likeness (QED) is 0.801. The second kappa shape index (κ2) is 6.69. The summed E-state index contributed by atoms with van der Waals surface area (Å²) in [4.78, 5) is 19.4. The summed E-state index contributed by atoms with van der Waals surface area (Å²) in [5.74, 6) is 0.0710. The van der Waals surface area contributed by atoms with Gasteiger partial charge in [-0.2, -0.15) is 0 Å². The normalized spacial score (nSPS) is 17.8. The largest absolute Gasteiger partial charge is 0.329 e. The van der Waals surface area contributed by atoms with Gasteiger partial charge in [-0.15, -0.1) is 0 Å². The molecule has 25 heavy (non-hydrogen) atoms. The number of carbonyl (C=O) groups excluding carboxylic acids is 1. The van der Waals surface area contributed by atoms with Crippen molar-refractivity contribution in [2.75, 3.05) is 19.6 Å². The van der Waals surface area contributed by atoms with Crippen LogP contribution in [0.4, 0.5) is 0 Å². The first-order chi connectivity index (χ1) is 12.3. The lowest BCUT2D eigenvalue weighted by Gasteiger charge is -2.36. The fraction of sp³-hybridized carbons (Fsp3) is 0.300. The van der Waals surface area contributed by atoms with Gasteiger partial charge in [-0.1, -0.05) is 31.2 Å². The topological polar surface area (TPSA) is 49.6 Å². The van der Waals surface area contributed by atoms with Crippen molar-refractivity contribution in [3.8, 4) is 0 Å². The van der Waals surface area contributed by atoms with Crippen LogP contribution in [-0.4, -0.2) is 39.8 Å². The van der Waals surface area contributed by atoms with E-state index in [4.69, 9.17) is 0 Å². The van der Waals surface area contributed by atoms with Gasteiger partial charge in [0.25, 0.3) is 5.91 Å². The Morgan fingerprint density at radius 1 is 1.24 bits per heavy atom. The molecule has 1 aromatic carbocycles. The zero-order valence-corrected chi connectivity index (χ0v) is 14.4. The van der Waals surface area contributed by atoms with Crippen LogP contribution in [0.3, 0.4) is 0 Å². The van der Waals surface area contributed by atoms with E-state index in [-0.39, 0.29) is 11.9 Å². The van der Waals surface area contributed by atoms with E-state index in [0.29, 0.717) is 12.1 Å². The Bertz CT molecular complexity index is 884. The molecule has 1 atom stereocenters. The van der Waals surface area contributed by atoms with E-state index in [2.05, 4.69) is 41.5 Å². The molecule has 1 amide bonds. The summed E-state index contributed by atoms with van der Waals surface area (Å²) in [5, 5.41) is 3.41. The van der Waals surface area contributed by atoms with E-state index in [0.717, 1.165) is 25.2 Å². The zero-order valence-electron chi connectivity index (χ0n) is 14.4. The van der Waals surface area contributed by atoms with Gasteiger partial charge in [0.05, 0.1) is 11.6 Å². The fourth-order valence-electron chi connectivity index (χ4n) is 3.43. The molecule has 3 aromatic rings. The maximum Gasteiger partial charge on any atom is 0.255 e. The SMILES string of the molecule is CCc1ccc(C2CNCCN2C(=O)c2ccc3nccn3c2)cc1. The van der Waals surface area contributed by atoms with Gasteiger partial charge in [0.1, 0.15) is 5.65 Å². The number of imidazole rings is 1. The molecular formula is C20H22N4O. The van der Waals surface area contributed by atoms with Crippen LogP contribution >= 0.6 is 0 Å². The van der Waals surface area contributed by atoms with Crippen LogP contribution in [0.25, 0.3) is 5.65 Å². The molecule has 3 heterocycles. The third-order valence-corrected chi connectivity index (χ3v) is 4.91. The number of rotatable bonds is 3. The molecule has 2 aromatic heterocycles. The molecule has 1 aliphatic heterocycles. The summed E-state index contributed by atoms with van der Waals surface area (Å²) in [6, 6.07) is 12.4. The monoisotopic (exact) mass is 334 g/mol. The molecule has 1 N–H and O–H groups in total. The van der Waals surface area contributed by atoms with E-state index in [1.165, 1.54) is 11.1 Å². The standard InChI is InChI=1S/C20H22N4O/c1-2-15-3-5-16(6-4-15)18-13-21-9-12-24(18)20(25)17-7-8-19-22-10-11-23(19)14-17/h3-8,10-11,14,18,21H,2,9,12-13H2,1H3. The number of carbonyl (C=O) groups is 1. The average molecular weight is 334 g/mol. The van der Waals surface area contributed by atoms with E-state index >= 15 is 0 Å². The molecule has 1 aliphatic rings. The Kier molecular flexibility index (Phi) is 4.24. The van der Waals surface area contributed by atoms with Gasteiger partial charge in [0, 0.05) is 38.2 Å². The van der Waals surface area contributed by atoms with E-state index in [1.807, 2.05) is 33.8 Å². The van der Waals surface area contributed by atoms with Crippen LogP contribution < -0.4 is 5.32 Å². The third-order valence-electron chi connectivity index (χ3n) is 4.91. The van der Waals surface area contributed by atoms with Gasteiger partial charge in [0.2, 0.25) is 0 Å². The Labute approximate surface area is 147 Å². The zero-order chi connectivity index (χ0) is 17.2. The third kappa shape index (κ3) is 3.03. The van der Waals surface area contributed by atoms with E-state index < -0.39 is 0 Å². The van der Waals surface area contributed by atoms with Gasteiger partial charge >= 0.3 is 0 Å². The number of nitrogens with zero attached hydrogens (tertiary/aromatic N) is 3. The number of hydrogen-bond donors (Lipinski definition) is 1. The molecule has 128 valence electrons. The number of fused-ring (bicyclic) bond motifs is 1. The van der Waals surface area contributed by atoms with Crippen molar-refractivity contribution in [2.24, 2.45) is 0 Å². The first kappa shape index (κ1) is 15.8. The van der Waals surface area contributed by atoms with Crippen molar-refractivity contribution in [1.82, 2.24) is 19.6 Å². The molecule has 0 bridgehead atoms. The molecule has 0 spiro atoms. The van der Waals surface area contributed by atoms with Crippen molar-refractivity contribution < 1.29 is 4.79 Å². The van der Waals surface area contributed by atoms with Gasteiger partial charge in [-0.05, 0) is 29.7 Å². The maximum absolute atomic E-state index is 13.1. The summed E-state index contributed by atoms with van der Waals surface area (Å²) >= 11 is 0. The molecular weight excluding hydrogens is 312 g/mol. The van der Waals surface area contributed by atoms with Gasteiger partial charge in [0.15, 0.2) is 0 Å². The molecule has 1 fully saturated rings. The smallest absolute Gasteiger partial charge is 0.255 e. The summed E-state index contributed by atoms with van der Waals surface area (Å²) in [6.45, 7) is 4.47. The van der Waals surface area contributed by atoms with Crippen molar-refractivity contribution in [3.05, 3.63) is 71.7 Å². The molecule has 0 saturated carbocycles. The van der Waals surface area contributed by atoms with E-state index in [1.54, 1.807) is 6.20 Å². The summed E-state index contributed by atoms with van der Waals surface area (Å²) < 4.78 is 1.89. The highest BCUT2D eigenvalue weighted by Gasteiger charge is 2.28. The number of benzene rings is 1. The van der Waals surface area contributed by atoms with Crippen LogP contribution in [0, 0.1) is 0 Å². The van der Waals surface area contributed by atoms with Crippen LogP contribution in [0.15, 0.2) is 55.0 Å². The van der Waals surface area contributed by atoms with E-state index in [9.17, 15) is 4.79 Å². The fourth-order valence-corrected chi connectivity index (χ4v) is 3.43. The molecule has 0 aliphatic carbocycles. The van der Waals surface area contributed by atoms with Crippen molar-refractivity contribution in [1.29, 1.82) is 0 Å². The highest BCUT2D eigenvalue weighted by Crippen LogP contribution is 2.25. The number of pyridine rings is 1. The van der Waals surface area contributed by atoms with Crippen LogP contribution in [-0.2, 0) is 6.42 Å². The lowest BCUT2D eigenvalue weighted by atomic mass is 10.00. The highest BCUT2D eigenvalue weighted by atomic mass is 16.2. The Morgan fingerprint density at radius 2 is 2.08 bits per heavy atom. The number of aryl methyl sites for hydroxylation is 1. The Balaban J connectivity index is 1.63. The van der Waals surface area contributed by atoms with Gasteiger partial charge in [-0.25, -0.2) is 4.98 Å². The summed E-state index contributed by atoms with van der Waals surface area (Å²) in [7, 11) is 0. The molecule has 5 nitrogen and oxygen atoms in total. The van der Waals surface area contributed by atoms with Crippen LogP contribution in [0.2, 0.25) is 0 Å². The minimum atomic E-state index is 0.0608. The molecule has 5 heteroatoms. The number of nitrogens with one attached hydrogen (secondary N) is 1. The molecule has 4 rings (SSSR count). The predicted molar refractivity (Wildman–Crippen MR) is 97.7 cm³/mol. The number of hydrogen-bond acceptors (Lipinski definition) is 3. The molecule has 1 unspecified atom stereocenters. The first-order valence-corrected chi connectivity index (χ1v) is 8.79. The number of amides is 1. The van der Waals surface area contributed by atoms with Gasteiger partial charge in [-0.3, -0.25) is 4.79 Å². The lowest BCUT2D eigenvalue weighted by Crippen LogP contribution is -2.48. The van der Waals surface area contributed by atoms with Crippen LogP contribution in [0.1, 0.15) is 34.5 Å². The minimum Gasteiger partial charge on any atom is -0.329 e. The Morgan fingerprint density at radius 3 is 2.88 bits per heavy atom. The van der Waals surface area contributed by atoms with Gasteiger partial charge < -0.3 is 14.6 Å². The van der Waals surface area contributed by atoms with Crippen LogP contribution in [0.5, 0.6) is 0 Å². The minimum absolute atomic E-state index is 0.0608. The number of piperazine rings is 1. The second-order valence-electron chi connectivity index (χ2n) is 6.42. The average Bonchev–Trinajstić information content (AvgIpc) is 3.15. The second-order valence-corrected chi connectivity index (χ2v) is 6.42. The molecule has 0 radical (unpaired) electrons. The van der Waals surface area contributed by atoms with Crippen molar-refractivity contribution in [2.45, 2.75) is 19.4 Å². The summed E-state index contributed by atoms with van der Waals surface area (Å²) in [5.41, 5.74) is 4.04. The first-order valence-electron chi connectivity index (χ1n) is 8.79. The van der Waals surface area contributed by atoms with Crippen molar-refractivity contribution >= 4 is 11.6 Å². The lowest BCUT2D eigenvalue weighted by molar-refractivity contribution is 0.0634. The number of aromatic nitrogens is 2. The Hall–Kier alpha value is -2.66. The summed E-state index contributed by atoms with van der Waals surface area (Å²) in [6.07, 6.45) is 6.50. The van der Waals surface area contributed by atoms with Crippen molar-refractivity contribution in [3.63, 3.8) is 0 Å².